The van der Waals surface area contributed by atoms with Crippen LogP contribution in [0, 0.1) is 0 Å². The summed E-state index contributed by atoms with van der Waals surface area (Å²) in [4.78, 5) is 4.79. The number of rotatable bonds is 8. The molecule has 0 radical (unpaired) electrons. The highest BCUT2D eigenvalue weighted by Crippen LogP contribution is 2.14. The van der Waals surface area contributed by atoms with E-state index in [4.69, 9.17) is 37.9 Å². The molecule has 2 heterocycles. The maximum atomic E-state index is 6.04. The Bertz CT molecular complexity index is 772. The Kier molecular flexibility index (Phi) is 19.5. The van der Waals surface area contributed by atoms with Crippen molar-refractivity contribution in [3.8, 4) is 0 Å². The molecular weight excluding hydrogens is 568 g/mol. The van der Waals surface area contributed by atoms with E-state index in [0.717, 1.165) is 91.1 Å². The average molecular weight is 627 g/mol. The zero-order valence-corrected chi connectivity index (χ0v) is 27.5. The molecule has 0 aromatic heterocycles. The van der Waals surface area contributed by atoms with Gasteiger partial charge >= 0.3 is 0 Å². The Morgan fingerprint density at radius 1 is 0.523 bits per heavy atom. The highest BCUT2D eigenvalue weighted by Gasteiger charge is 2.17. The summed E-state index contributed by atoms with van der Waals surface area (Å²) in [5, 5.41) is 6.74. The Morgan fingerprint density at radius 3 is 1.27 bits per heavy atom. The molecule has 12 nitrogen and oxygen atoms in total. The van der Waals surface area contributed by atoms with Crippen LogP contribution in [0.15, 0.2) is 24.3 Å². The van der Waals surface area contributed by atoms with Crippen molar-refractivity contribution in [3.05, 3.63) is 35.4 Å². The molecule has 3 rings (SSSR count). The van der Waals surface area contributed by atoms with Crippen molar-refractivity contribution in [1.29, 1.82) is 0 Å². The second kappa shape index (κ2) is 23.1. The monoisotopic (exact) mass is 626 g/mol. The highest BCUT2D eigenvalue weighted by molar-refractivity contribution is 5.22. The van der Waals surface area contributed by atoms with E-state index in [1.165, 1.54) is 11.1 Å². The van der Waals surface area contributed by atoms with Gasteiger partial charge in [-0.2, -0.15) is 0 Å². The number of nitrogens with one attached hydrogen (secondary N) is 2. The molecule has 4 atom stereocenters. The fourth-order valence-electron chi connectivity index (χ4n) is 5.30. The predicted molar refractivity (Wildman–Crippen MR) is 168 cm³/mol. The van der Waals surface area contributed by atoms with Gasteiger partial charge in [0.1, 0.15) is 0 Å². The van der Waals surface area contributed by atoms with Crippen LogP contribution in [0.5, 0.6) is 0 Å². The molecule has 44 heavy (non-hydrogen) atoms. The van der Waals surface area contributed by atoms with Gasteiger partial charge in [0.05, 0.1) is 26.4 Å². The van der Waals surface area contributed by atoms with Crippen molar-refractivity contribution in [2.75, 3.05) is 107 Å². The van der Waals surface area contributed by atoms with Gasteiger partial charge in [0.2, 0.25) is 0 Å². The summed E-state index contributed by atoms with van der Waals surface area (Å²) in [5.41, 5.74) is 2.51. The summed E-state index contributed by atoms with van der Waals surface area (Å²) < 4.78 is 46.2. The lowest BCUT2D eigenvalue weighted by molar-refractivity contribution is -0.140. The molecule has 0 saturated carbocycles. The molecule has 254 valence electrons. The van der Waals surface area contributed by atoms with E-state index < -0.39 is 0 Å². The van der Waals surface area contributed by atoms with Crippen LogP contribution in [0.3, 0.4) is 0 Å². The minimum Gasteiger partial charge on any atom is -0.356 e. The Morgan fingerprint density at radius 2 is 0.886 bits per heavy atom. The Hall–Kier alpha value is -1.26. The summed E-state index contributed by atoms with van der Waals surface area (Å²) in [6, 6.07) is 8.91. The van der Waals surface area contributed by atoms with E-state index in [-0.39, 0.29) is 25.2 Å². The standard InChI is InChI=1S/C32H58N4O8/c1-37-29-9-13-33-15-21-41-31(39-3)11-17-35(19-23-43-29)25-27-5-7-28(8-6-27)26-36-18-12-32(40-4)42-22-16-34-14-10-30(38-2)44-24-20-36/h5-8,29-34H,9-26H2,1-4H3/t29-,30-,31-,32-/m1/s1. The third kappa shape index (κ3) is 15.4. The predicted octanol–water partition coefficient (Wildman–Crippen LogP) is 2.01. The fraction of sp³-hybridized carbons (Fsp3) is 0.812. The number of hydrogen-bond donors (Lipinski definition) is 2. The van der Waals surface area contributed by atoms with Gasteiger partial charge < -0.3 is 48.5 Å². The molecule has 0 bridgehead atoms. The molecule has 2 fully saturated rings. The number of ether oxygens (including phenoxy) is 8. The number of nitrogens with zero attached hydrogens (tertiary/aromatic N) is 2. The van der Waals surface area contributed by atoms with Gasteiger partial charge in [0.15, 0.2) is 25.2 Å². The molecule has 2 saturated heterocycles. The van der Waals surface area contributed by atoms with Gasteiger partial charge in [0, 0.05) is 120 Å². The van der Waals surface area contributed by atoms with E-state index in [1.54, 1.807) is 28.4 Å². The van der Waals surface area contributed by atoms with Crippen LogP contribution in [0.1, 0.15) is 36.8 Å². The third-order valence-corrected chi connectivity index (χ3v) is 7.95. The normalized spacial score (nSPS) is 27.7. The van der Waals surface area contributed by atoms with E-state index in [0.29, 0.717) is 26.4 Å². The van der Waals surface area contributed by atoms with E-state index in [9.17, 15) is 0 Å². The first-order valence-corrected chi connectivity index (χ1v) is 16.1. The SMILES string of the molecule is CO[C@H]1CCNCCO[C@@H](OC)CCN(Cc2ccc(CN3CCO[C@@H](OC)CCNCCO[C@@H](OC)CC3)cc2)CCO1. The fourth-order valence-corrected chi connectivity index (χ4v) is 5.30. The van der Waals surface area contributed by atoms with Gasteiger partial charge in [-0.25, -0.2) is 0 Å². The van der Waals surface area contributed by atoms with Crippen molar-refractivity contribution in [3.63, 3.8) is 0 Å². The summed E-state index contributed by atoms with van der Waals surface area (Å²) in [6.45, 7) is 10.4. The molecule has 2 aliphatic rings. The lowest BCUT2D eigenvalue weighted by Gasteiger charge is -2.27. The van der Waals surface area contributed by atoms with Crippen LogP contribution in [-0.4, -0.2) is 142 Å². The molecule has 12 heteroatoms. The molecular formula is C32H58N4O8. The van der Waals surface area contributed by atoms with Gasteiger partial charge in [-0.1, -0.05) is 24.3 Å². The van der Waals surface area contributed by atoms with Crippen LogP contribution in [0.2, 0.25) is 0 Å². The average Bonchev–Trinajstić information content (AvgIpc) is 3.05. The van der Waals surface area contributed by atoms with Crippen LogP contribution in [-0.2, 0) is 51.0 Å². The lowest BCUT2D eigenvalue weighted by atomic mass is 10.1. The van der Waals surface area contributed by atoms with Crippen LogP contribution in [0.25, 0.3) is 0 Å². The summed E-state index contributed by atoms with van der Waals surface area (Å²) in [5.74, 6) is 0. The number of hydrogen-bond acceptors (Lipinski definition) is 12. The van der Waals surface area contributed by atoms with E-state index in [1.807, 2.05) is 0 Å². The first-order chi connectivity index (χ1) is 21.6. The summed E-state index contributed by atoms with van der Waals surface area (Å²) >= 11 is 0. The minimum absolute atomic E-state index is 0.215. The van der Waals surface area contributed by atoms with E-state index in [2.05, 4.69) is 44.7 Å². The maximum absolute atomic E-state index is 6.04. The maximum Gasteiger partial charge on any atom is 0.158 e. The molecule has 2 N–H and O–H groups in total. The quantitative estimate of drug-likeness (QED) is 0.441. The van der Waals surface area contributed by atoms with Gasteiger partial charge in [-0.15, -0.1) is 0 Å². The number of methoxy groups -OCH3 is 4. The first kappa shape index (κ1) is 37.2. The van der Waals surface area contributed by atoms with Gasteiger partial charge in [0.25, 0.3) is 0 Å². The van der Waals surface area contributed by atoms with Crippen molar-refractivity contribution in [2.45, 2.75) is 63.9 Å². The molecule has 0 aliphatic carbocycles. The molecule has 0 amide bonds. The van der Waals surface area contributed by atoms with Crippen molar-refractivity contribution in [2.24, 2.45) is 0 Å². The summed E-state index contributed by atoms with van der Waals surface area (Å²) in [7, 11) is 6.82. The second-order valence-electron chi connectivity index (χ2n) is 11.2. The second-order valence-corrected chi connectivity index (χ2v) is 11.2. The highest BCUT2D eigenvalue weighted by atomic mass is 16.7. The van der Waals surface area contributed by atoms with Crippen molar-refractivity contribution in [1.82, 2.24) is 20.4 Å². The number of benzene rings is 1. The van der Waals surface area contributed by atoms with Crippen LogP contribution < -0.4 is 10.6 Å². The molecule has 0 unspecified atom stereocenters. The Balaban J connectivity index is 1.59. The van der Waals surface area contributed by atoms with Gasteiger partial charge in [-0.3, -0.25) is 9.80 Å². The van der Waals surface area contributed by atoms with Crippen LogP contribution in [0.4, 0.5) is 0 Å². The first-order valence-electron chi connectivity index (χ1n) is 16.1. The smallest absolute Gasteiger partial charge is 0.158 e. The van der Waals surface area contributed by atoms with Gasteiger partial charge in [-0.05, 0) is 11.1 Å². The minimum atomic E-state index is -0.228. The molecule has 1 aromatic rings. The van der Waals surface area contributed by atoms with Crippen molar-refractivity contribution < 1.29 is 37.9 Å². The zero-order chi connectivity index (χ0) is 31.2. The summed E-state index contributed by atoms with van der Waals surface area (Å²) in [6.07, 6.45) is 2.26. The van der Waals surface area contributed by atoms with E-state index >= 15 is 0 Å². The topological polar surface area (TPSA) is 104 Å². The van der Waals surface area contributed by atoms with Crippen LogP contribution >= 0.6 is 0 Å². The lowest BCUT2D eigenvalue weighted by Crippen LogP contribution is -2.35. The Labute approximate surface area is 264 Å². The van der Waals surface area contributed by atoms with Crippen molar-refractivity contribution >= 4 is 0 Å². The third-order valence-electron chi connectivity index (χ3n) is 7.95. The largest absolute Gasteiger partial charge is 0.356 e. The molecule has 0 spiro atoms. The molecule has 1 aromatic carbocycles. The molecule has 2 aliphatic heterocycles. The zero-order valence-electron chi connectivity index (χ0n) is 27.5.